The Kier molecular flexibility index (Phi) is 3.27. The second kappa shape index (κ2) is 4.28. The third-order valence-electron chi connectivity index (χ3n) is 3.01. The average Bonchev–Trinajstić information content (AvgIpc) is 2.54. The minimum atomic E-state index is 0.345. The summed E-state index contributed by atoms with van der Waals surface area (Å²) >= 11 is 3.69. The van der Waals surface area contributed by atoms with Crippen molar-refractivity contribution in [3.63, 3.8) is 0 Å². The Labute approximate surface area is 88.1 Å². The average molecular weight is 249 g/mol. The van der Waals surface area contributed by atoms with Gasteiger partial charge in [-0.25, -0.2) is 0 Å². The molecule has 2 aliphatic rings. The summed E-state index contributed by atoms with van der Waals surface area (Å²) in [6, 6.07) is 0. The van der Waals surface area contributed by atoms with Crippen LogP contribution in [0.25, 0.3) is 0 Å². The monoisotopic (exact) mass is 248 g/mol. The topological polar surface area (TPSA) is 18.5 Å². The van der Waals surface area contributed by atoms with Gasteiger partial charge in [0, 0.05) is 11.4 Å². The summed E-state index contributed by atoms with van der Waals surface area (Å²) in [5.41, 5.74) is 0. The van der Waals surface area contributed by atoms with Gasteiger partial charge in [-0.1, -0.05) is 15.9 Å². The third kappa shape index (κ3) is 2.08. The summed E-state index contributed by atoms with van der Waals surface area (Å²) in [4.78, 5) is 0.544. The van der Waals surface area contributed by atoms with Crippen LogP contribution in [0.15, 0.2) is 0 Å². The molecule has 0 aromatic carbocycles. The zero-order chi connectivity index (χ0) is 9.26. The molecule has 0 amide bonds. The number of rotatable bonds is 2. The fourth-order valence-corrected chi connectivity index (χ4v) is 2.98. The highest BCUT2D eigenvalue weighted by Crippen LogP contribution is 2.35. The number of alkyl halides is 1. The van der Waals surface area contributed by atoms with Crippen LogP contribution in [-0.4, -0.2) is 29.7 Å². The fraction of sp³-hybridized carbons (Fsp3) is 1.00. The van der Waals surface area contributed by atoms with E-state index in [0.717, 1.165) is 13.0 Å². The first kappa shape index (κ1) is 9.94. The van der Waals surface area contributed by atoms with Gasteiger partial charge in [-0.3, -0.25) is 0 Å². The van der Waals surface area contributed by atoms with Gasteiger partial charge in [0.25, 0.3) is 0 Å². The lowest BCUT2D eigenvalue weighted by molar-refractivity contribution is -0.0542. The Morgan fingerprint density at radius 3 is 2.77 bits per heavy atom. The highest BCUT2D eigenvalue weighted by Gasteiger charge is 2.38. The molecule has 0 spiro atoms. The van der Waals surface area contributed by atoms with Gasteiger partial charge in [0.15, 0.2) is 0 Å². The van der Waals surface area contributed by atoms with E-state index in [1.165, 1.54) is 19.3 Å². The number of hydrogen-bond acceptors (Lipinski definition) is 2. The van der Waals surface area contributed by atoms with Crippen LogP contribution in [0.3, 0.4) is 0 Å². The first-order valence-electron chi connectivity index (χ1n) is 5.22. The van der Waals surface area contributed by atoms with Gasteiger partial charge in [0.05, 0.1) is 18.3 Å². The van der Waals surface area contributed by atoms with Crippen molar-refractivity contribution in [2.24, 2.45) is 0 Å². The van der Waals surface area contributed by atoms with Crippen LogP contribution in [0, 0.1) is 0 Å². The van der Waals surface area contributed by atoms with E-state index in [2.05, 4.69) is 22.9 Å². The van der Waals surface area contributed by atoms with Gasteiger partial charge >= 0.3 is 0 Å². The first-order valence-corrected chi connectivity index (χ1v) is 6.14. The Balaban J connectivity index is 1.99. The van der Waals surface area contributed by atoms with Gasteiger partial charge in [-0.2, -0.15) is 0 Å². The van der Waals surface area contributed by atoms with Crippen molar-refractivity contribution in [2.45, 2.75) is 55.7 Å². The molecule has 0 aromatic heterocycles. The number of ether oxygens (including phenoxy) is 2. The molecule has 0 unspecified atom stereocenters. The molecular weight excluding hydrogens is 232 g/mol. The highest BCUT2D eigenvalue weighted by molar-refractivity contribution is 9.09. The van der Waals surface area contributed by atoms with Gasteiger partial charge < -0.3 is 9.47 Å². The van der Waals surface area contributed by atoms with Gasteiger partial charge in [-0.05, 0) is 32.6 Å². The molecule has 76 valence electrons. The first-order chi connectivity index (χ1) is 6.31. The van der Waals surface area contributed by atoms with E-state index in [1.807, 2.05) is 0 Å². The van der Waals surface area contributed by atoms with Crippen LogP contribution in [0.4, 0.5) is 0 Å². The molecule has 13 heavy (non-hydrogen) atoms. The highest BCUT2D eigenvalue weighted by atomic mass is 79.9. The van der Waals surface area contributed by atoms with Crippen molar-refractivity contribution in [1.82, 2.24) is 0 Å². The van der Waals surface area contributed by atoms with Gasteiger partial charge in [-0.15, -0.1) is 0 Å². The lowest BCUT2D eigenvalue weighted by Gasteiger charge is -2.20. The van der Waals surface area contributed by atoms with Crippen LogP contribution in [-0.2, 0) is 9.47 Å². The number of hydrogen-bond donors (Lipinski definition) is 0. The summed E-state index contributed by atoms with van der Waals surface area (Å²) in [5.74, 6) is 0. The molecule has 2 rings (SSSR count). The zero-order valence-corrected chi connectivity index (χ0v) is 9.63. The molecule has 3 heteroatoms. The Hall–Kier alpha value is 0.400. The van der Waals surface area contributed by atoms with Crippen molar-refractivity contribution in [3.05, 3.63) is 0 Å². The second-order valence-corrected chi connectivity index (χ2v) is 5.05. The van der Waals surface area contributed by atoms with E-state index in [1.54, 1.807) is 0 Å². The normalized spacial score (nSPS) is 44.8. The van der Waals surface area contributed by atoms with E-state index in [-0.39, 0.29) is 0 Å². The van der Waals surface area contributed by atoms with Crippen LogP contribution >= 0.6 is 15.9 Å². The third-order valence-corrected chi connectivity index (χ3v) is 4.06. The number of halogens is 1. The van der Waals surface area contributed by atoms with Crippen molar-refractivity contribution in [2.75, 3.05) is 6.61 Å². The second-order valence-electron chi connectivity index (χ2n) is 3.88. The predicted molar refractivity (Wildman–Crippen MR) is 55.3 cm³/mol. The summed E-state index contributed by atoms with van der Waals surface area (Å²) in [6.45, 7) is 2.87. The Morgan fingerprint density at radius 2 is 2.00 bits per heavy atom. The van der Waals surface area contributed by atoms with E-state index < -0.39 is 0 Å². The molecule has 2 nitrogen and oxygen atoms in total. The molecule has 0 N–H and O–H groups in total. The largest absolute Gasteiger partial charge is 0.376 e. The maximum Gasteiger partial charge on any atom is 0.0841 e. The summed E-state index contributed by atoms with van der Waals surface area (Å²) in [7, 11) is 0. The number of fused-ring (bicyclic) bond motifs is 2. The van der Waals surface area contributed by atoms with Crippen molar-refractivity contribution in [3.8, 4) is 0 Å². The summed E-state index contributed by atoms with van der Waals surface area (Å²) in [5, 5.41) is 0. The van der Waals surface area contributed by atoms with Crippen molar-refractivity contribution in [1.29, 1.82) is 0 Å². The van der Waals surface area contributed by atoms with Crippen LogP contribution < -0.4 is 0 Å². The predicted octanol–water partition coefficient (Wildman–Crippen LogP) is 2.50. The molecule has 2 bridgehead atoms. The molecule has 0 radical (unpaired) electrons. The SMILES string of the molecule is CCO[C@@H]1CC[C@H](Br)[C@@H]2CC[C@H]1O2. The molecule has 2 aliphatic heterocycles. The summed E-state index contributed by atoms with van der Waals surface area (Å²) in [6.07, 6.45) is 5.86. The van der Waals surface area contributed by atoms with Gasteiger partial charge in [0.1, 0.15) is 0 Å². The smallest absolute Gasteiger partial charge is 0.0841 e. The molecule has 4 atom stereocenters. The van der Waals surface area contributed by atoms with Crippen molar-refractivity contribution >= 4 is 15.9 Å². The minimum absolute atomic E-state index is 0.345. The van der Waals surface area contributed by atoms with E-state index in [9.17, 15) is 0 Å². The van der Waals surface area contributed by atoms with E-state index >= 15 is 0 Å². The fourth-order valence-electron chi connectivity index (χ4n) is 2.33. The molecule has 0 aliphatic carbocycles. The lowest BCUT2D eigenvalue weighted by atomic mass is 9.98. The summed E-state index contributed by atoms with van der Waals surface area (Å²) < 4.78 is 11.6. The van der Waals surface area contributed by atoms with Crippen LogP contribution in [0.1, 0.15) is 32.6 Å². The van der Waals surface area contributed by atoms with Crippen LogP contribution in [0.5, 0.6) is 0 Å². The quantitative estimate of drug-likeness (QED) is 0.700. The molecule has 0 saturated carbocycles. The standard InChI is InChI=1S/C10H17BrO2/c1-2-12-9-4-3-7(11)8-5-6-10(9)13-8/h7-10H,2-6H2,1H3/t7-,8-,9+,10+/m0/s1. The Bertz CT molecular complexity index is 174. The molecule has 2 heterocycles. The van der Waals surface area contributed by atoms with E-state index in [0.29, 0.717) is 23.1 Å². The van der Waals surface area contributed by atoms with E-state index in [4.69, 9.17) is 9.47 Å². The van der Waals surface area contributed by atoms with Crippen molar-refractivity contribution < 1.29 is 9.47 Å². The minimum Gasteiger partial charge on any atom is -0.376 e. The van der Waals surface area contributed by atoms with Crippen LogP contribution in [0.2, 0.25) is 0 Å². The maximum atomic E-state index is 5.93. The molecular formula is C10H17BrO2. The molecule has 2 fully saturated rings. The molecule has 2 saturated heterocycles. The lowest BCUT2D eigenvalue weighted by Crippen LogP contribution is -2.27. The molecule has 0 aromatic rings. The maximum absolute atomic E-state index is 5.93. The zero-order valence-electron chi connectivity index (χ0n) is 8.04. The van der Waals surface area contributed by atoms with Gasteiger partial charge in [0.2, 0.25) is 0 Å². The Morgan fingerprint density at radius 1 is 1.23 bits per heavy atom.